The minimum absolute atomic E-state index is 0.124. The second-order valence-electron chi connectivity index (χ2n) is 9.45. The smallest absolute Gasteiger partial charge is 0.305 e. The van der Waals surface area contributed by atoms with Crippen molar-refractivity contribution >= 4 is 5.97 Å². The molecule has 1 rings (SSSR count). The van der Waals surface area contributed by atoms with Crippen LogP contribution in [-0.2, 0) is 23.7 Å². The number of carbonyl (C=O) groups excluding carboxylic acids is 1. The molecule has 212 valence electrons. The molecule has 0 aromatic carbocycles. The Morgan fingerprint density at radius 2 is 1.50 bits per heavy atom. The summed E-state index contributed by atoms with van der Waals surface area (Å²) >= 11 is 0. The third kappa shape index (κ3) is 14.0. The molecular weight excluding hydrogens is 468 g/mol. The molecule has 1 aliphatic heterocycles. The molecule has 0 radical (unpaired) electrons. The van der Waals surface area contributed by atoms with E-state index in [1.54, 1.807) is 6.92 Å². The molecule has 36 heavy (non-hydrogen) atoms. The van der Waals surface area contributed by atoms with Crippen LogP contribution in [0.5, 0.6) is 0 Å². The van der Waals surface area contributed by atoms with Crippen molar-refractivity contribution in [2.75, 3.05) is 26.4 Å². The molecule has 0 amide bonds. The van der Waals surface area contributed by atoms with Crippen molar-refractivity contribution in [2.45, 2.75) is 128 Å². The van der Waals surface area contributed by atoms with Gasteiger partial charge >= 0.3 is 5.97 Å². The second-order valence-corrected chi connectivity index (χ2v) is 9.45. The van der Waals surface area contributed by atoms with Gasteiger partial charge in [0.05, 0.1) is 19.8 Å². The molecule has 9 heteroatoms. The van der Waals surface area contributed by atoms with E-state index in [9.17, 15) is 25.2 Å². The topological polar surface area (TPSA) is 135 Å². The van der Waals surface area contributed by atoms with Crippen LogP contribution in [0.1, 0.15) is 90.9 Å². The first-order chi connectivity index (χ1) is 17.4. The zero-order chi connectivity index (χ0) is 26.6. The number of esters is 1. The Morgan fingerprint density at radius 3 is 2.14 bits per heavy atom. The van der Waals surface area contributed by atoms with Crippen LogP contribution in [0.15, 0.2) is 12.2 Å². The molecule has 0 aromatic rings. The van der Waals surface area contributed by atoms with Gasteiger partial charge in [0.25, 0.3) is 0 Å². The van der Waals surface area contributed by atoms with E-state index < -0.39 is 49.4 Å². The van der Waals surface area contributed by atoms with Crippen LogP contribution in [0.3, 0.4) is 0 Å². The number of carbonyl (C=O) groups is 1. The maximum absolute atomic E-state index is 11.8. The highest BCUT2D eigenvalue weighted by atomic mass is 16.7. The third-order valence-corrected chi connectivity index (χ3v) is 6.24. The Balaban J connectivity index is 2.20. The van der Waals surface area contributed by atoms with Crippen LogP contribution >= 0.6 is 0 Å². The van der Waals surface area contributed by atoms with E-state index in [-0.39, 0.29) is 19.6 Å². The van der Waals surface area contributed by atoms with E-state index >= 15 is 0 Å². The van der Waals surface area contributed by atoms with Gasteiger partial charge in [-0.2, -0.15) is 0 Å². The predicted octanol–water partition coefficient (Wildman–Crippen LogP) is 3.01. The minimum Gasteiger partial charge on any atom is -0.457 e. The lowest BCUT2D eigenvalue weighted by Crippen LogP contribution is -2.59. The first kappa shape index (κ1) is 33.0. The highest BCUT2D eigenvalue weighted by Crippen LogP contribution is 2.22. The van der Waals surface area contributed by atoms with E-state index in [2.05, 4.69) is 19.1 Å². The normalized spacial score (nSPS) is 25.3. The lowest BCUT2D eigenvalue weighted by Gasteiger charge is -2.39. The molecule has 0 saturated carbocycles. The fourth-order valence-electron chi connectivity index (χ4n) is 3.93. The molecule has 9 nitrogen and oxygen atoms in total. The van der Waals surface area contributed by atoms with E-state index in [1.807, 2.05) is 0 Å². The van der Waals surface area contributed by atoms with Gasteiger partial charge < -0.3 is 39.4 Å². The average Bonchev–Trinajstić information content (AvgIpc) is 2.88. The standard InChI is InChI=1S/C27H50O9/c1-3-5-6-7-8-9-10-11-12-13-14-15-16-17-33-19-21(35-23(29)4-2)20-34-27-26(32)25(31)24(30)22(18-28)36-27/h8-9,21-22,24-28,30-32H,3-7,10-20H2,1-2H3/b9-8-. The van der Waals surface area contributed by atoms with Gasteiger partial charge in [0.15, 0.2) is 6.29 Å². The number of rotatable bonds is 21. The summed E-state index contributed by atoms with van der Waals surface area (Å²) in [6.07, 6.45) is 10.4. The Kier molecular flexibility index (Phi) is 19.2. The van der Waals surface area contributed by atoms with Crippen LogP contribution in [-0.4, -0.2) is 89.6 Å². The summed E-state index contributed by atoms with van der Waals surface area (Å²) in [5.41, 5.74) is 0. The van der Waals surface area contributed by atoms with Gasteiger partial charge in [-0.3, -0.25) is 4.79 Å². The summed E-state index contributed by atoms with van der Waals surface area (Å²) in [4.78, 5) is 11.8. The highest BCUT2D eigenvalue weighted by molar-refractivity contribution is 5.69. The summed E-state index contributed by atoms with van der Waals surface area (Å²) < 4.78 is 21.9. The maximum Gasteiger partial charge on any atom is 0.305 e. The van der Waals surface area contributed by atoms with Gasteiger partial charge in [-0.05, 0) is 32.1 Å². The number of aliphatic hydroxyl groups is 4. The Hall–Kier alpha value is -1.07. The molecule has 1 heterocycles. The van der Waals surface area contributed by atoms with E-state index in [0.29, 0.717) is 6.61 Å². The fourth-order valence-corrected chi connectivity index (χ4v) is 3.93. The lowest BCUT2D eigenvalue weighted by molar-refractivity contribution is -0.305. The number of ether oxygens (including phenoxy) is 4. The van der Waals surface area contributed by atoms with Crippen molar-refractivity contribution in [1.29, 1.82) is 0 Å². The SMILES string of the molecule is CCCCC/C=C\CCCCCCCCOCC(COC1OC(CO)C(O)C(O)C1O)OC(=O)CC. The molecule has 1 saturated heterocycles. The fraction of sp³-hybridized carbons (Fsp3) is 0.889. The van der Waals surface area contributed by atoms with Crippen molar-refractivity contribution in [3.8, 4) is 0 Å². The molecule has 0 bridgehead atoms. The van der Waals surface area contributed by atoms with Crippen LogP contribution in [0.25, 0.3) is 0 Å². The Morgan fingerprint density at radius 1 is 0.861 bits per heavy atom. The van der Waals surface area contributed by atoms with Gasteiger partial charge in [-0.25, -0.2) is 0 Å². The van der Waals surface area contributed by atoms with Gasteiger partial charge in [-0.1, -0.05) is 64.5 Å². The molecule has 0 aromatic heterocycles. The van der Waals surface area contributed by atoms with Crippen LogP contribution in [0, 0.1) is 0 Å². The minimum atomic E-state index is -1.53. The molecule has 6 unspecified atom stereocenters. The molecule has 1 aliphatic rings. The van der Waals surface area contributed by atoms with Crippen molar-refractivity contribution < 1.29 is 44.2 Å². The van der Waals surface area contributed by atoms with Gasteiger partial charge in [-0.15, -0.1) is 0 Å². The van der Waals surface area contributed by atoms with Gasteiger partial charge in [0, 0.05) is 13.0 Å². The second kappa shape index (κ2) is 20.9. The summed E-state index contributed by atoms with van der Waals surface area (Å²) in [6, 6.07) is 0. The highest BCUT2D eigenvalue weighted by Gasteiger charge is 2.44. The zero-order valence-electron chi connectivity index (χ0n) is 22.3. The first-order valence-electron chi connectivity index (χ1n) is 13.8. The molecule has 6 atom stereocenters. The lowest BCUT2D eigenvalue weighted by atomic mass is 9.99. The van der Waals surface area contributed by atoms with Crippen molar-refractivity contribution in [1.82, 2.24) is 0 Å². The van der Waals surface area contributed by atoms with Crippen LogP contribution in [0.4, 0.5) is 0 Å². The predicted molar refractivity (Wildman–Crippen MR) is 136 cm³/mol. The number of hydrogen-bond acceptors (Lipinski definition) is 9. The molecular formula is C27H50O9. The quantitative estimate of drug-likeness (QED) is 0.103. The van der Waals surface area contributed by atoms with Crippen LogP contribution in [0.2, 0.25) is 0 Å². The van der Waals surface area contributed by atoms with Gasteiger partial charge in [0.1, 0.15) is 30.5 Å². The van der Waals surface area contributed by atoms with Crippen molar-refractivity contribution in [3.63, 3.8) is 0 Å². The Bertz CT molecular complexity index is 569. The number of hydrogen-bond donors (Lipinski definition) is 4. The molecule has 0 aliphatic carbocycles. The Labute approximate surface area is 216 Å². The molecule has 4 N–H and O–H groups in total. The van der Waals surface area contributed by atoms with E-state index in [1.165, 1.54) is 44.9 Å². The number of aliphatic hydroxyl groups excluding tert-OH is 4. The summed E-state index contributed by atoms with van der Waals surface area (Å²) in [5, 5.41) is 39.1. The molecule has 0 spiro atoms. The largest absolute Gasteiger partial charge is 0.457 e. The number of allylic oxidation sites excluding steroid dienone is 2. The first-order valence-corrected chi connectivity index (χ1v) is 13.8. The van der Waals surface area contributed by atoms with Crippen LogP contribution < -0.4 is 0 Å². The third-order valence-electron chi connectivity index (χ3n) is 6.24. The summed E-state index contributed by atoms with van der Waals surface area (Å²) in [7, 11) is 0. The maximum atomic E-state index is 11.8. The monoisotopic (exact) mass is 518 g/mol. The van der Waals surface area contributed by atoms with Crippen molar-refractivity contribution in [3.05, 3.63) is 12.2 Å². The van der Waals surface area contributed by atoms with E-state index in [0.717, 1.165) is 25.7 Å². The summed E-state index contributed by atoms with van der Waals surface area (Å²) in [5.74, 6) is -0.406. The average molecular weight is 519 g/mol. The van der Waals surface area contributed by atoms with E-state index in [4.69, 9.17) is 18.9 Å². The molecule has 1 fully saturated rings. The zero-order valence-corrected chi connectivity index (χ0v) is 22.3. The van der Waals surface area contributed by atoms with Crippen molar-refractivity contribution in [2.24, 2.45) is 0 Å². The summed E-state index contributed by atoms with van der Waals surface area (Å²) in [6.45, 7) is 3.92. The van der Waals surface area contributed by atoms with Gasteiger partial charge in [0.2, 0.25) is 0 Å². The number of unbranched alkanes of at least 4 members (excludes halogenated alkanes) is 9.